The molecule has 0 saturated heterocycles. The summed E-state index contributed by atoms with van der Waals surface area (Å²) in [6.45, 7) is 2.02. The summed E-state index contributed by atoms with van der Waals surface area (Å²) < 4.78 is 14.5. The van der Waals surface area contributed by atoms with Crippen molar-refractivity contribution in [3.05, 3.63) is 82.2 Å². The maximum absolute atomic E-state index is 13.3. The molecule has 2 aromatic carbocycles. The van der Waals surface area contributed by atoms with Crippen LogP contribution in [-0.2, 0) is 5.75 Å². The number of aromatic amines is 1. The van der Waals surface area contributed by atoms with Crippen molar-refractivity contribution in [2.75, 3.05) is 0 Å². The third-order valence-corrected chi connectivity index (χ3v) is 4.93. The van der Waals surface area contributed by atoms with Crippen LogP contribution in [0.2, 0.25) is 0 Å². The van der Waals surface area contributed by atoms with Crippen molar-refractivity contribution in [2.45, 2.75) is 17.8 Å². The standard InChI is InChI=1S/C19H15FN4OS/c1-12-5-7-14(8-6-12)16-10-21-24-17(16)22-18(23-19(24)25)26-11-13-3-2-4-15(20)9-13/h2-10H,11H2,1H3,(H,22,23,25). The Morgan fingerprint density at radius 2 is 2.00 bits per heavy atom. The molecule has 0 atom stereocenters. The molecule has 0 aliphatic heterocycles. The number of nitrogens with one attached hydrogen (secondary N) is 1. The van der Waals surface area contributed by atoms with Crippen molar-refractivity contribution in [3.8, 4) is 11.1 Å². The lowest BCUT2D eigenvalue weighted by molar-refractivity contribution is 0.626. The predicted octanol–water partition coefficient (Wildman–Crippen LogP) is 3.82. The molecule has 0 fully saturated rings. The summed E-state index contributed by atoms with van der Waals surface area (Å²) in [4.78, 5) is 19.6. The zero-order valence-electron chi connectivity index (χ0n) is 13.9. The van der Waals surface area contributed by atoms with Crippen molar-refractivity contribution in [1.29, 1.82) is 0 Å². The minimum Gasteiger partial charge on any atom is -0.285 e. The number of fused-ring (bicyclic) bond motifs is 1. The van der Waals surface area contributed by atoms with Crippen LogP contribution in [-0.4, -0.2) is 19.6 Å². The summed E-state index contributed by atoms with van der Waals surface area (Å²) in [7, 11) is 0. The van der Waals surface area contributed by atoms with Crippen LogP contribution in [0.4, 0.5) is 4.39 Å². The average molecular weight is 366 g/mol. The molecule has 4 aromatic rings. The number of H-pyrrole nitrogens is 1. The van der Waals surface area contributed by atoms with Crippen LogP contribution in [0, 0.1) is 12.7 Å². The first-order chi connectivity index (χ1) is 12.6. The van der Waals surface area contributed by atoms with Crippen LogP contribution in [0.3, 0.4) is 0 Å². The van der Waals surface area contributed by atoms with Gasteiger partial charge in [-0.1, -0.05) is 53.7 Å². The molecule has 0 aliphatic carbocycles. The summed E-state index contributed by atoms with van der Waals surface area (Å²) in [6, 6.07) is 14.3. The molecule has 130 valence electrons. The summed E-state index contributed by atoms with van der Waals surface area (Å²) in [6.07, 6.45) is 1.64. The summed E-state index contributed by atoms with van der Waals surface area (Å²) >= 11 is 1.35. The summed E-state index contributed by atoms with van der Waals surface area (Å²) in [5.41, 5.74) is 3.87. The number of thioether (sulfide) groups is 1. The molecule has 0 radical (unpaired) electrons. The van der Waals surface area contributed by atoms with Gasteiger partial charge < -0.3 is 0 Å². The fourth-order valence-corrected chi connectivity index (χ4v) is 3.44. The van der Waals surface area contributed by atoms with E-state index in [2.05, 4.69) is 15.1 Å². The van der Waals surface area contributed by atoms with E-state index in [1.807, 2.05) is 37.3 Å². The summed E-state index contributed by atoms with van der Waals surface area (Å²) in [5.74, 6) is 0.225. The number of aromatic nitrogens is 4. The molecule has 0 bridgehead atoms. The molecule has 0 amide bonds. The first-order valence-electron chi connectivity index (χ1n) is 8.02. The van der Waals surface area contributed by atoms with Crippen molar-refractivity contribution < 1.29 is 4.39 Å². The first kappa shape index (κ1) is 16.5. The molecular formula is C19H15FN4OS. The smallest absolute Gasteiger partial charge is 0.285 e. The van der Waals surface area contributed by atoms with Gasteiger partial charge >= 0.3 is 5.69 Å². The predicted molar refractivity (Wildman–Crippen MR) is 99.7 cm³/mol. The molecule has 0 unspecified atom stereocenters. The van der Waals surface area contributed by atoms with Crippen LogP contribution in [0.1, 0.15) is 11.1 Å². The topological polar surface area (TPSA) is 63.1 Å². The zero-order valence-corrected chi connectivity index (χ0v) is 14.8. The largest absolute Gasteiger partial charge is 0.350 e. The number of hydrogen-bond donors (Lipinski definition) is 1. The second kappa shape index (κ2) is 6.76. The first-order valence-corrected chi connectivity index (χ1v) is 9.01. The molecule has 0 aliphatic rings. The molecule has 5 nitrogen and oxygen atoms in total. The molecule has 0 spiro atoms. The number of halogens is 1. The second-order valence-corrected chi connectivity index (χ2v) is 6.89. The molecule has 7 heteroatoms. The fraction of sp³-hybridized carbons (Fsp3) is 0.105. The Labute approximate surface area is 152 Å². The monoisotopic (exact) mass is 366 g/mol. The quantitative estimate of drug-likeness (QED) is 0.558. The Kier molecular flexibility index (Phi) is 4.30. The molecular weight excluding hydrogens is 351 g/mol. The Bertz CT molecular complexity index is 1130. The lowest BCUT2D eigenvalue weighted by atomic mass is 10.1. The Morgan fingerprint density at radius 3 is 2.77 bits per heavy atom. The minimum absolute atomic E-state index is 0.280. The van der Waals surface area contributed by atoms with E-state index in [0.717, 1.165) is 22.3 Å². The molecule has 26 heavy (non-hydrogen) atoms. The van der Waals surface area contributed by atoms with E-state index in [1.54, 1.807) is 12.3 Å². The molecule has 2 heterocycles. The van der Waals surface area contributed by atoms with Crippen LogP contribution >= 0.6 is 11.8 Å². The van der Waals surface area contributed by atoms with Gasteiger partial charge in [0.05, 0.1) is 6.20 Å². The maximum Gasteiger partial charge on any atom is 0.350 e. The number of aryl methyl sites for hydroxylation is 1. The van der Waals surface area contributed by atoms with Crippen molar-refractivity contribution >= 4 is 17.4 Å². The SMILES string of the molecule is Cc1ccc(-c2cnn3c(=O)[nH]c(SCc4cccc(F)c4)nc23)cc1. The molecule has 1 N–H and O–H groups in total. The molecule has 0 saturated carbocycles. The van der Waals surface area contributed by atoms with E-state index >= 15 is 0 Å². The highest BCUT2D eigenvalue weighted by Gasteiger charge is 2.12. The van der Waals surface area contributed by atoms with Gasteiger partial charge in [-0.3, -0.25) is 4.98 Å². The highest BCUT2D eigenvalue weighted by Crippen LogP contribution is 2.25. The average Bonchev–Trinajstić information content (AvgIpc) is 3.05. The zero-order chi connectivity index (χ0) is 18.1. The highest BCUT2D eigenvalue weighted by atomic mass is 32.2. The minimum atomic E-state index is -0.352. The van der Waals surface area contributed by atoms with Crippen LogP contribution in [0.15, 0.2) is 64.7 Å². The van der Waals surface area contributed by atoms with Gasteiger partial charge in [0.2, 0.25) is 0 Å². The molecule has 4 rings (SSSR count). The van der Waals surface area contributed by atoms with Crippen LogP contribution in [0.25, 0.3) is 16.8 Å². The van der Waals surface area contributed by atoms with Crippen molar-refractivity contribution in [2.24, 2.45) is 0 Å². The number of rotatable bonds is 4. The number of hydrogen-bond acceptors (Lipinski definition) is 4. The third kappa shape index (κ3) is 3.25. The Balaban J connectivity index is 1.69. The highest BCUT2D eigenvalue weighted by molar-refractivity contribution is 7.98. The normalized spacial score (nSPS) is 11.2. The molecule has 2 aromatic heterocycles. The van der Waals surface area contributed by atoms with Gasteiger partial charge in [0.15, 0.2) is 10.8 Å². The lowest BCUT2D eigenvalue weighted by Gasteiger charge is -2.04. The van der Waals surface area contributed by atoms with Crippen molar-refractivity contribution in [1.82, 2.24) is 19.6 Å². The maximum atomic E-state index is 13.3. The van der Waals surface area contributed by atoms with Gasteiger partial charge in [0.25, 0.3) is 0 Å². The van der Waals surface area contributed by atoms with E-state index in [9.17, 15) is 9.18 Å². The van der Waals surface area contributed by atoms with Crippen molar-refractivity contribution in [3.63, 3.8) is 0 Å². The summed E-state index contributed by atoms with van der Waals surface area (Å²) in [5, 5.41) is 4.61. The third-order valence-electron chi connectivity index (χ3n) is 3.98. The lowest BCUT2D eigenvalue weighted by Crippen LogP contribution is -2.19. The Morgan fingerprint density at radius 1 is 1.19 bits per heavy atom. The van der Waals surface area contributed by atoms with Gasteiger partial charge in [0, 0.05) is 11.3 Å². The van der Waals surface area contributed by atoms with Crippen LogP contribution in [0.5, 0.6) is 0 Å². The van der Waals surface area contributed by atoms with E-state index in [4.69, 9.17) is 0 Å². The second-order valence-electron chi connectivity index (χ2n) is 5.93. The van der Waals surface area contributed by atoms with Crippen LogP contribution < -0.4 is 5.69 Å². The van der Waals surface area contributed by atoms with Gasteiger partial charge in [-0.15, -0.1) is 0 Å². The van der Waals surface area contributed by atoms with Gasteiger partial charge in [0.1, 0.15) is 5.82 Å². The van der Waals surface area contributed by atoms with E-state index in [-0.39, 0.29) is 11.5 Å². The van der Waals surface area contributed by atoms with E-state index in [0.29, 0.717) is 16.6 Å². The number of benzene rings is 2. The number of nitrogens with zero attached hydrogens (tertiary/aromatic N) is 3. The Hall–Kier alpha value is -2.93. The van der Waals surface area contributed by atoms with Gasteiger partial charge in [-0.2, -0.15) is 9.61 Å². The van der Waals surface area contributed by atoms with E-state index < -0.39 is 0 Å². The van der Waals surface area contributed by atoms with E-state index in [1.165, 1.54) is 28.4 Å². The van der Waals surface area contributed by atoms with Gasteiger partial charge in [-0.05, 0) is 30.2 Å². The fourth-order valence-electron chi connectivity index (χ4n) is 2.65. The van der Waals surface area contributed by atoms with Gasteiger partial charge in [-0.25, -0.2) is 14.2 Å².